The fraction of sp³-hybridized carbons (Fsp3) is 0.444. The van der Waals surface area contributed by atoms with Crippen molar-refractivity contribution in [2.75, 3.05) is 13.7 Å². The first-order valence-electron chi connectivity index (χ1n) is 8.01. The van der Waals surface area contributed by atoms with Gasteiger partial charge in [-0.25, -0.2) is 4.98 Å². The van der Waals surface area contributed by atoms with Crippen LogP contribution in [0.1, 0.15) is 36.8 Å². The van der Waals surface area contributed by atoms with Crippen molar-refractivity contribution in [3.8, 4) is 16.3 Å². The predicted octanol–water partition coefficient (Wildman–Crippen LogP) is 3.98. The Morgan fingerprint density at radius 2 is 2.17 bits per heavy atom. The highest BCUT2D eigenvalue weighted by molar-refractivity contribution is 7.15. The largest absolute Gasteiger partial charge is 0.497 e. The minimum atomic E-state index is 0.0741. The van der Waals surface area contributed by atoms with Crippen LogP contribution in [0.5, 0.6) is 5.75 Å². The smallest absolute Gasteiger partial charge is 0.225 e. The van der Waals surface area contributed by atoms with E-state index in [1.54, 1.807) is 18.4 Å². The first-order chi connectivity index (χ1) is 11.1. The van der Waals surface area contributed by atoms with Gasteiger partial charge in [0, 0.05) is 17.0 Å². The average Bonchev–Trinajstić information content (AvgIpc) is 2.92. The minimum Gasteiger partial charge on any atom is -0.497 e. The summed E-state index contributed by atoms with van der Waals surface area (Å²) >= 11 is 1.58. The van der Waals surface area contributed by atoms with Crippen molar-refractivity contribution in [3.05, 3.63) is 34.8 Å². The number of nitrogens with one attached hydrogen (secondary N) is 1. The van der Waals surface area contributed by atoms with Gasteiger partial charge in [0.05, 0.1) is 19.2 Å². The third kappa shape index (κ3) is 5.06. The zero-order chi connectivity index (χ0) is 16.7. The van der Waals surface area contributed by atoms with Crippen LogP contribution in [0.2, 0.25) is 0 Å². The summed E-state index contributed by atoms with van der Waals surface area (Å²) in [5.74, 6) is 0.885. The van der Waals surface area contributed by atoms with Gasteiger partial charge in [-0.1, -0.05) is 31.9 Å². The number of unbranched alkanes of at least 4 members (excludes halogenated alkanes) is 2. The highest BCUT2D eigenvalue weighted by atomic mass is 32.1. The van der Waals surface area contributed by atoms with Crippen molar-refractivity contribution in [2.24, 2.45) is 0 Å². The van der Waals surface area contributed by atoms with Crippen LogP contribution in [-0.2, 0) is 11.2 Å². The number of amides is 1. The molecule has 1 N–H and O–H groups in total. The van der Waals surface area contributed by atoms with E-state index in [0.717, 1.165) is 52.7 Å². The zero-order valence-corrected chi connectivity index (χ0v) is 14.8. The second kappa shape index (κ2) is 8.67. The molecular weight excluding hydrogens is 308 g/mol. The van der Waals surface area contributed by atoms with Crippen LogP contribution in [0.25, 0.3) is 10.6 Å². The highest BCUT2D eigenvalue weighted by Crippen LogP contribution is 2.30. The maximum Gasteiger partial charge on any atom is 0.225 e. The van der Waals surface area contributed by atoms with Crippen molar-refractivity contribution in [3.63, 3.8) is 0 Å². The first kappa shape index (κ1) is 17.5. The minimum absolute atomic E-state index is 0.0741. The molecule has 0 bridgehead atoms. The Labute approximate surface area is 141 Å². The number of nitrogens with zero attached hydrogens (tertiary/aromatic N) is 1. The lowest BCUT2D eigenvalue weighted by atomic mass is 10.2. The van der Waals surface area contributed by atoms with Gasteiger partial charge < -0.3 is 10.1 Å². The molecule has 0 saturated carbocycles. The number of aryl methyl sites for hydroxylation is 1. The molecule has 23 heavy (non-hydrogen) atoms. The van der Waals surface area contributed by atoms with E-state index in [1.807, 2.05) is 31.2 Å². The van der Waals surface area contributed by atoms with Gasteiger partial charge in [-0.05, 0) is 25.5 Å². The number of methoxy groups -OCH3 is 1. The monoisotopic (exact) mass is 332 g/mol. The summed E-state index contributed by atoms with van der Waals surface area (Å²) in [6, 6.07) is 7.84. The highest BCUT2D eigenvalue weighted by Gasteiger charge is 2.13. The first-order valence-corrected chi connectivity index (χ1v) is 8.83. The number of benzene rings is 1. The number of aromatic nitrogens is 1. The lowest BCUT2D eigenvalue weighted by molar-refractivity contribution is -0.120. The van der Waals surface area contributed by atoms with E-state index < -0.39 is 0 Å². The van der Waals surface area contributed by atoms with E-state index in [1.165, 1.54) is 0 Å². The maximum atomic E-state index is 12.0. The number of hydrogen-bond acceptors (Lipinski definition) is 4. The van der Waals surface area contributed by atoms with Crippen LogP contribution >= 0.6 is 11.3 Å². The summed E-state index contributed by atoms with van der Waals surface area (Å²) in [7, 11) is 1.65. The fourth-order valence-corrected chi connectivity index (χ4v) is 3.34. The number of ether oxygens (including phenoxy) is 1. The van der Waals surface area contributed by atoms with E-state index in [4.69, 9.17) is 4.74 Å². The molecule has 0 atom stereocenters. The van der Waals surface area contributed by atoms with E-state index >= 15 is 0 Å². The van der Waals surface area contributed by atoms with Gasteiger partial charge >= 0.3 is 0 Å². The van der Waals surface area contributed by atoms with E-state index in [-0.39, 0.29) is 5.91 Å². The number of thiazole rings is 1. The topological polar surface area (TPSA) is 51.2 Å². The Bertz CT molecular complexity index is 652. The Balaban J connectivity index is 2.01. The van der Waals surface area contributed by atoms with Gasteiger partial charge in [-0.15, -0.1) is 11.3 Å². The van der Waals surface area contributed by atoms with Crippen molar-refractivity contribution in [1.29, 1.82) is 0 Å². The molecule has 0 radical (unpaired) electrons. The number of carbonyl (C=O) groups excluding carboxylic acids is 1. The maximum absolute atomic E-state index is 12.0. The molecule has 124 valence electrons. The fourth-order valence-electron chi connectivity index (χ4n) is 2.28. The third-order valence-electron chi connectivity index (χ3n) is 3.63. The third-order valence-corrected chi connectivity index (χ3v) is 4.84. The van der Waals surface area contributed by atoms with Gasteiger partial charge in [0.1, 0.15) is 10.8 Å². The average molecular weight is 332 g/mol. The van der Waals surface area contributed by atoms with Crippen molar-refractivity contribution >= 4 is 17.2 Å². The summed E-state index contributed by atoms with van der Waals surface area (Å²) in [4.78, 5) is 17.6. The summed E-state index contributed by atoms with van der Waals surface area (Å²) in [5.41, 5.74) is 1.95. The van der Waals surface area contributed by atoms with Crippen molar-refractivity contribution in [1.82, 2.24) is 10.3 Å². The van der Waals surface area contributed by atoms with Crippen LogP contribution < -0.4 is 10.1 Å². The normalized spacial score (nSPS) is 10.6. The van der Waals surface area contributed by atoms with Crippen molar-refractivity contribution < 1.29 is 9.53 Å². The van der Waals surface area contributed by atoms with Crippen LogP contribution in [0.3, 0.4) is 0 Å². The Morgan fingerprint density at radius 3 is 2.91 bits per heavy atom. The Hall–Kier alpha value is -1.88. The van der Waals surface area contributed by atoms with Gasteiger partial charge in [0.25, 0.3) is 0 Å². The Kier molecular flexibility index (Phi) is 6.59. The summed E-state index contributed by atoms with van der Waals surface area (Å²) < 4.78 is 5.25. The molecule has 0 aliphatic rings. The van der Waals surface area contributed by atoms with E-state index in [2.05, 4.69) is 17.2 Å². The molecule has 1 aromatic heterocycles. The second-order valence-electron chi connectivity index (χ2n) is 5.49. The van der Waals surface area contributed by atoms with Crippen LogP contribution in [-0.4, -0.2) is 24.5 Å². The number of rotatable bonds is 8. The molecule has 0 spiro atoms. The number of carbonyl (C=O) groups is 1. The molecule has 0 fully saturated rings. The molecule has 0 saturated heterocycles. The molecule has 4 nitrogen and oxygen atoms in total. The van der Waals surface area contributed by atoms with Crippen LogP contribution in [0, 0.1) is 6.92 Å². The molecule has 0 aliphatic carbocycles. The van der Waals surface area contributed by atoms with E-state index in [9.17, 15) is 4.79 Å². The summed E-state index contributed by atoms with van der Waals surface area (Å²) in [6.07, 6.45) is 3.76. The zero-order valence-electron chi connectivity index (χ0n) is 14.0. The molecule has 0 aliphatic heterocycles. The molecule has 2 aromatic rings. The molecule has 1 amide bonds. The SMILES string of the molecule is CCCCCNC(=O)Cc1sc(-c2cccc(OC)c2)nc1C. The van der Waals surface area contributed by atoms with Gasteiger partial charge in [-0.2, -0.15) is 0 Å². The van der Waals surface area contributed by atoms with Gasteiger partial charge in [0.2, 0.25) is 5.91 Å². The molecular formula is C18H24N2O2S. The molecule has 1 heterocycles. The summed E-state index contributed by atoms with van der Waals surface area (Å²) in [5, 5.41) is 3.91. The second-order valence-corrected chi connectivity index (χ2v) is 6.58. The van der Waals surface area contributed by atoms with Crippen LogP contribution in [0.4, 0.5) is 0 Å². The predicted molar refractivity (Wildman–Crippen MR) is 95.1 cm³/mol. The van der Waals surface area contributed by atoms with E-state index in [0.29, 0.717) is 6.42 Å². The van der Waals surface area contributed by atoms with Crippen molar-refractivity contribution in [2.45, 2.75) is 39.5 Å². The van der Waals surface area contributed by atoms with Gasteiger partial charge in [-0.3, -0.25) is 4.79 Å². The number of hydrogen-bond donors (Lipinski definition) is 1. The molecule has 1 aromatic carbocycles. The molecule has 2 rings (SSSR count). The molecule has 5 heteroatoms. The lowest BCUT2D eigenvalue weighted by Gasteiger charge is -2.03. The van der Waals surface area contributed by atoms with Gasteiger partial charge in [0.15, 0.2) is 0 Å². The molecule has 0 unspecified atom stereocenters. The quantitative estimate of drug-likeness (QED) is 0.744. The lowest BCUT2D eigenvalue weighted by Crippen LogP contribution is -2.25. The summed E-state index contributed by atoms with van der Waals surface area (Å²) in [6.45, 7) is 4.87. The Morgan fingerprint density at radius 1 is 1.35 bits per heavy atom. The van der Waals surface area contributed by atoms with Crippen LogP contribution in [0.15, 0.2) is 24.3 Å². The standard InChI is InChI=1S/C18H24N2O2S/c1-4-5-6-10-19-17(21)12-16-13(2)20-18(23-16)14-8-7-9-15(11-14)22-3/h7-9,11H,4-6,10,12H2,1-3H3,(H,19,21).